The number of benzene rings is 6. The Morgan fingerprint density at radius 1 is 0.424 bits per heavy atom. The van der Waals surface area contributed by atoms with Crippen LogP contribution in [0.1, 0.15) is 31.1 Å². The predicted molar refractivity (Wildman–Crippen MR) is 235 cm³/mol. The quantitative estimate of drug-likeness (QED) is 0.0845. The molecule has 302 valence electrons. The van der Waals surface area contributed by atoms with Crippen LogP contribution in [0.3, 0.4) is 0 Å². The number of methoxy groups -OCH3 is 3. The van der Waals surface area contributed by atoms with Gasteiger partial charge in [-0.3, -0.25) is 14.4 Å². The van der Waals surface area contributed by atoms with E-state index in [2.05, 4.69) is 63.7 Å². The average molecular weight is 1010 g/mol. The van der Waals surface area contributed by atoms with Crippen molar-refractivity contribution in [2.24, 2.45) is 0 Å². The maximum atomic E-state index is 15.1. The highest BCUT2D eigenvalue weighted by Crippen LogP contribution is 2.58. The SMILES string of the molecule is COc1c(OP(=O)(Oc2ccc(NC(=O)c3ccccc3)c(Br)c2OC)Oc2ccc(NC(=O)c3ccccc3)c(Br)c2OC)ccc(NC(=O)c2ccccc2)c1Br. The fourth-order valence-electron chi connectivity index (χ4n) is 5.46. The summed E-state index contributed by atoms with van der Waals surface area (Å²) in [5.41, 5.74) is 2.20. The van der Waals surface area contributed by atoms with Crippen LogP contribution in [0.4, 0.5) is 17.1 Å². The maximum Gasteiger partial charge on any atom is 0.647 e. The van der Waals surface area contributed by atoms with Gasteiger partial charge in [-0.2, -0.15) is 4.57 Å². The Morgan fingerprint density at radius 2 is 0.678 bits per heavy atom. The van der Waals surface area contributed by atoms with Crippen molar-refractivity contribution in [1.29, 1.82) is 0 Å². The van der Waals surface area contributed by atoms with Gasteiger partial charge in [0.25, 0.3) is 17.7 Å². The number of ether oxygens (including phenoxy) is 3. The number of nitrogens with one attached hydrogen (secondary N) is 3. The molecule has 59 heavy (non-hydrogen) atoms. The molecule has 0 bridgehead atoms. The molecule has 3 amide bonds. The third-order valence-electron chi connectivity index (χ3n) is 8.28. The molecule has 0 atom stereocenters. The number of halogens is 3. The standard InChI is InChI=1S/C42H33Br3N3O10P/c1-53-37-31(22-19-28(34(37)43)46-40(49)25-13-7-4-8-14-25)56-59(52,57-32-23-20-29(35(44)38(32)54-2)47-41(50)26-15-9-5-10-16-26)58-33-24-21-30(36(45)39(33)55-3)48-42(51)27-17-11-6-12-18-27/h4-24H,1-3H3,(H,46,49)(H,47,50)(H,48,51). The lowest BCUT2D eigenvalue weighted by Crippen LogP contribution is -2.14. The van der Waals surface area contributed by atoms with E-state index in [1.165, 1.54) is 57.7 Å². The van der Waals surface area contributed by atoms with Gasteiger partial charge in [0, 0.05) is 16.7 Å². The van der Waals surface area contributed by atoms with Crippen molar-refractivity contribution in [1.82, 2.24) is 0 Å². The van der Waals surface area contributed by atoms with Crippen molar-refractivity contribution < 1.29 is 46.7 Å². The second-order valence-corrected chi connectivity index (χ2v) is 15.9. The second kappa shape index (κ2) is 19.3. The molecule has 3 N–H and O–H groups in total. The van der Waals surface area contributed by atoms with Crippen LogP contribution in [0.2, 0.25) is 0 Å². The molecule has 0 aliphatic carbocycles. The Hall–Kier alpha value is -5.80. The number of hydrogen-bond acceptors (Lipinski definition) is 10. The lowest BCUT2D eigenvalue weighted by atomic mass is 10.2. The number of phosphoric ester groups is 1. The summed E-state index contributed by atoms with van der Waals surface area (Å²) < 4.78 is 51.2. The van der Waals surface area contributed by atoms with Gasteiger partial charge in [0.15, 0.2) is 34.5 Å². The minimum atomic E-state index is -4.90. The Kier molecular flexibility index (Phi) is 14.0. The zero-order valence-electron chi connectivity index (χ0n) is 31.3. The maximum absolute atomic E-state index is 15.1. The minimum absolute atomic E-state index is 0.0301. The lowest BCUT2D eigenvalue weighted by Gasteiger charge is -2.24. The van der Waals surface area contributed by atoms with Crippen molar-refractivity contribution in [2.45, 2.75) is 0 Å². The summed E-state index contributed by atoms with van der Waals surface area (Å²) in [6, 6.07) is 34.6. The molecule has 0 fully saturated rings. The molecule has 17 heteroatoms. The Bertz CT molecular complexity index is 2270. The third kappa shape index (κ3) is 10.1. The zero-order valence-corrected chi connectivity index (χ0v) is 36.9. The molecule has 0 radical (unpaired) electrons. The van der Waals surface area contributed by atoms with Gasteiger partial charge in [-0.05, 0) is 121 Å². The van der Waals surface area contributed by atoms with Gasteiger partial charge in [-0.1, -0.05) is 54.6 Å². The highest BCUT2D eigenvalue weighted by atomic mass is 79.9. The highest BCUT2D eigenvalue weighted by Gasteiger charge is 2.38. The van der Waals surface area contributed by atoms with Crippen LogP contribution >= 0.6 is 55.6 Å². The van der Waals surface area contributed by atoms with Gasteiger partial charge >= 0.3 is 7.82 Å². The fourth-order valence-corrected chi connectivity index (χ4v) is 8.49. The van der Waals surface area contributed by atoms with Crippen molar-refractivity contribution >= 4 is 90.4 Å². The predicted octanol–water partition coefficient (Wildman–Crippen LogP) is 11.4. The van der Waals surface area contributed by atoms with E-state index in [4.69, 9.17) is 27.8 Å². The molecule has 0 unspecified atom stereocenters. The van der Waals surface area contributed by atoms with Crippen LogP contribution in [0, 0.1) is 0 Å². The first-order chi connectivity index (χ1) is 28.4. The van der Waals surface area contributed by atoms with Crippen LogP contribution in [-0.4, -0.2) is 39.1 Å². The van der Waals surface area contributed by atoms with Crippen molar-refractivity contribution in [2.75, 3.05) is 37.3 Å². The van der Waals surface area contributed by atoms with Crippen LogP contribution in [0.25, 0.3) is 0 Å². The van der Waals surface area contributed by atoms with Gasteiger partial charge in [0.1, 0.15) is 0 Å². The summed E-state index contributed by atoms with van der Waals surface area (Å²) in [5.74, 6) is -1.42. The number of hydrogen-bond donors (Lipinski definition) is 3. The van der Waals surface area contributed by atoms with E-state index in [0.29, 0.717) is 33.8 Å². The third-order valence-corrected chi connectivity index (χ3v) is 11.9. The van der Waals surface area contributed by atoms with E-state index < -0.39 is 7.82 Å². The molecule has 0 saturated carbocycles. The number of anilines is 3. The number of rotatable bonds is 15. The second-order valence-electron chi connectivity index (χ2n) is 12.1. The largest absolute Gasteiger partial charge is 0.647 e. The first-order valence-electron chi connectivity index (χ1n) is 17.3. The van der Waals surface area contributed by atoms with Gasteiger partial charge in [0.2, 0.25) is 0 Å². The van der Waals surface area contributed by atoms with Gasteiger partial charge in [-0.25, -0.2) is 0 Å². The minimum Gasteiger partial charge on any atom is -0.492 e. The summed E-state index contributed by atoms with van der Waals surface area (Å²) in [6.07, 6.45) is 0. The number of carbonyl (C=O) groups excluding carboxylic acids is 3. The molecular weight excluding hydrogens is 977 g/mol. The number of carbonyl (C=O) groups is 3. The molecule has 6 aromatic carbocycles. The summed E-state index contributed by atoms with van der Waals surface area (Å²) in [5, 5.41) is 8.45. The van der Waals surface area contributed by atoms with Crippen LogP contribution < -0.4 is 43.7 Å². The normalized spacial score (nSPS) is 10.8. The van der Waals surface area contributed by atoms with Gasteiger partial charge in [0.05, 0.1) is 51.8 Å². The van der Waals surface area contributed by atoms with Crippen LogP contribution in [0.15, 0.2) is 141 Å². The monoisotopic (exact) mass is 1010 g/mol. The molecule has 6 aromatic rings. The fraction of sp³-hybridized carbons (Fsp3) is 0.0714. The molecule has 0 heterocycles. The Morgan fingerprint density at radius 3 is 0.915 bits per heavy atom. The van der Waals surface area contributed by atoms with E-state index in [1.807, 2.05) is 0 Å². The summed E-state index contributed by atoms with van der Waals surface area (Å²) in [7, 11) is -0.837. The van der Waals surface area contributed by atoms with E-state index in [9.17, 15) is 14.4 Å². The Balaban J connectivity index is 1.37. The summed E-state index contributed by atoms with van der Waals surface area (Å²) in [4.78, 5) is 39.0. The first-order valence-corrected chi connectivity index (χ1v) is 21.2. The van der Waals surface area contributed by atoms with Gasteiger partial charge < -0.3 is 43.7 Å². The van der Waals surface area contributed by atoms with Crippen molar-refractivity contribution in [3.63, 3.8) is 0 Å². The van der Waals surface area contributed by atoms with Crippen LogP contribution in [0.5, 0.6) is 34.5 Å². The smallest absolute Gasteiger partial charge is 0.492 e. The van der Waals surface area contributed by atoms with E-state index in [0.717, 1.165) is 0 Å². The molecule has 0 aromatic heterocycles. The van der Waals surface area contributed by atoms with E-state index in [1.54, 1.807) is 91.0 Å². The highest BCUT2D eigenvalue weighted by molar-refractivity contribution is 9.11. The van der Waals surface area contributed by atoms with E-state index >= 15 is 4.57 Å². The van der Waals surface area contributed by atoms with Crippen molar-refractivity contribution in [3.05, 3.63) is 158 Å². The summed E-state index contributed by atoms with van der Waals surface area (Å²) in [6.45, 7) is 0. The summed E-state index contributed by atoms with van der Waals surface area (Å²) >= 11 is 10.4. The number of amides is 3. The molecule has 0 aliphatic rings. The number of phosphoric acid groups is 1. The topological polar surface area (TPSA) is 160 Å². The van der Waals surface area contributed by atoms with E-state index in [-0.39, 0.29) is 65.6 Å². The zero-order chi connectivity index (χ0) is 42.1. The van der Waals surface area contributed by atoms with Crippen LogP contribution in [-0.2, 0) is 4.57 Å². The van der Waals surface area contributed by atoms with Crippen molar-refractivity contribution in [3.8, 4) is 34.5 Å². The molecule has 13 nitrogen and oxygen atoms in total. The molecule has 0 saturated heterocycles. The molecule has 0 aliphatic heterocycles. The molecular formula is C42H33Br3N3O10P. The Labute approximate surface area is 364 Å². The average Bonchev–Trinajstić information content (AvgIpc) is 3.25. The lowest BCUT2D eigenvalue weighted by molar-refractivity contribution is 0.101. The molecule has 6 rings (SSSR count). The molecule has 0 spiro atoms. The van der Waals surface area contributed by atoms with Gasteiger partial charge in [-0.15, -0.1) is 0 Å². The first kappa shape index (κ1) is 42.8.